The van der Waals surface area contributed by atoms with Gasteiger partial charge in [0.05, 0.1) is 24.2 Å². The van der Waals surface area contributed by atoms with Gasteiger partial charge in [-0.3, -0.25) is 9.69 Å². The van der Waals surface area contributed by atoms with E-state index in [9.17, 15) is 4.79 Å². The van der Waals surface area contributed by atoms with Crippen LogP contribution in [0.2, 0.25) is 0 Å². The third-order valence-electron chi connectivity index (χ3n) is 4.34. The molecular weight excluding hydrogens is 390 g/mol. The number of ether oxygens (including phenoxy) is 2. The molecule has 2 aromatic carbocycles. The number of methoxy groups -OCH3 is 1. The van der Waals surface area contributed by atoms with Crippen molar-refractivity contribution in [3.8, 4) is 11.5 Å². The molecule has 1 aliphatic rings. The molecule has 0 aromatic heterocycles. The summed E-state index contributed by atoms with van der Waals surface area (Å²) >= 11 is 6.81. The van der Waals surface area contributed by atoms with Crippen LogP contribution in [0.15, 0.2) is 53.4 Å². The van der Waals surface area contributed by atoms with Crippen LogP contribution in [-0.2, 0) is 4.79 Å². The molecule has 4 nitrogen and oxygen atoms in total. The topological polar surface area (TPSA) is 38.8 Å². The molecule has 0 aliphatic carbocycles. The van der Waals surface area contributed by atoms with E-state index < -0.39 is 0 Å². The molecule has 0 spiro atoms. The fourth-order valence-corrected chi connectivity index (χ4v) is 4.39. The van der Waals surface area contributed by atoms with Gasteiger partial charge in [-0.25, -0.2) is 0 Å². The van der Waals surface area contributed by atoms with Gasteiger partial charge in [0, 0.05) is 0 Å². The number of thiocarbonyl (C=S) groups is 1. The first-order valence-corrected chi connectivity index (χ1v) is 10.3. The number of hydrogen-bond donors (Lipinski definition) is 0. The molecule has 146 valence electrons. The molecule has 1 saturated heterocycles. The lowest BCUT2D eigenvalue weighted by Crippen LogP contribution is -2.30. The van der Waals surface area contributed by atoms with Crippen molar-refractivity contribution in [1.29, 1.82) is 0 Å². The monoisotopic (exact) mass is 413 g/mol. The lowest BCUT2D eigenvalue weighted by atomic mass is 10.1. The Morgan fingerprint density at radius 1 is 1.07 bits per heavy atom. The molecule has 0 saturated carbocycles. The Balaban J connectivity index is 1.85. The second-order valence-corrected chi connectivity index (χ2v) is 8.39. The number of benzene rings is 2. The summed E-state index contributed by atoms with van der Waals surface area (Å²) in [4.78, 5) is 15.3. The summed E-state index contributed by atoms with van der Waals surface area (Å²) in [6.07, 6.45) is 1.90. The lowest BCUT2D eigenvalue weighted by Gasteiger charge is -2.23. The highest BCUT2D eigenvalue weighted by Crippen LogP contribution is 2.39. The first-order valence-electron chi connectivity index (χ1n) is 9.07. The molecule has 1 heterocycles. The standard InChI is InChI=1S/C22H23NO3S2/c1-14(2)26-18-11-10-16(12-19(18)25-4)13-20-21(24)23(22(27)28-20)15(3)17-8-6-5-7-9-17/h5-15H,1-4H3. The predicted octanol–water partition coefficient (Wildman–Crippen LogP) is 5.44. The van der Waals surface area contributed by atoms with Gasteiger partial charge in [0.1, 0.15) is 4.32 Å². The van der Waals surface area contributed by atoms with Crippen LogP contribution in [0.3, 0.4) is 0 Å². The molecule has 1 amide bonds. The highest BCUT2D eigenvalue weighted by atomic mass is 32.2. The first kappa shape index (κ1) is 20.4. The zero-order valence-electron chi connectivity index (χ0n) is 16.3. The Kier molecular flexibility index (Phi) is 6.42. The van der Waals surface area contributed by atoms with Gasteiger partial charge in [0.2, 0.25) is 0 Å². The van der Waals surface area contributed by atoms with Gasteiger partial charge in [-0.1, -0.05) is 60.4 Å². The minimum Gasteiger partial charge on any atom is -0.493 e. The zero-order valence-corrected chi connectivity index (χ0v) is 18.0. The average molecular weight is 414 g/mol. The highest BCUT2D eigenvalue weighted by molar-refractivity contribution is 8.26. The van der Waals surface area contributed by atoms with Crippen LogP contribution in [0.25, 0.3) is 6.08 Å². The summed E-state index contributed by atoms with van der Waals surface area (Å²) in [6.45, 7) is 5.92. The van der Waals surface area contributed by atoms with Crippen LogP contribution >= 0.6 is 24.0 Å². The number of nitrogens with zero attached hydrogens (tertiary/aromatic N) is 1. The number of amides is 1. The Bertz CT molecular complexity index is 909. The molecule has 6 heteroatoms. The van der Waals surface area contributed by atoms with E-state index in [1.165, 1.54) is 11.8 Å². The molecule has 1 atom stereocenters. The van der Waals surface area contributed by atoms with Gasteiger partial charge in [-0.15, -0.1) is 0 Å². The van der Waals surface area contributed by atoms with Crippen molar-refractivity contribution in [3.63, 3.8) is 0 Å². The van der Waals surface area contributed by atoms with Crippen LogP contribution in [0.1, 0.15) is 37.9 Å². The second kappa shape index (κ2) is 8.80. The maximum Gasteiger partial charge on any atom is 0.266 e. The molecule has 1 unspecified atom stereocenters. The number of hydrogen-bond acceptors (Lipinski definition) is 5. The largest absolute Gasteiger partial charge is 0.493 e. The molecule has 3 rings (SSSR count). The lowest BCUT2D eigenvalue weighted by molar-refractivity contribution is -0.123. The normalized spacial score (nSPS) is 16.8. The summed E-state index contributed by atoms with van der Waals surface area (Å²) in [6, 6.07) is 15.4. The highest BCUT2D eigenvalue weighted by Gasteiger charge is 2.35. The molecule has 1 aliphatic heterocycles. The molecular formula is C22H23NO3S2. The van der Waals surface area contributed by atoms with Crippen LogP contribution < -0.4 is 9.47 Å². The quantitative estimate of drug-likeness (QED) is 0.465. The van der Waals surface area contributed by atoms with Crippen molar-refractivity contribution in [2.45, 2.75) is 32.9 Å². The van der Waals surface area contributed by atoms with Gasteiger partial charge in [0.25, 0.3) is 5.91 Å². The van der Waals surface area contributed by atoms with Crippen molar-refractivity contribution >= 4 is 40.3 Å². The molecule has 1 fully saturated rings. The summed E-state index contributed by atoms with van der Waals surface area (Å²) in [5, 5.41) is 0. The van der Waals surface area contributed by atoms with Crippen LogP contribution in [-0.4, -0.2) is 28.3 Å². The number of carbonyl (C=O) groups is 1. The number of thioether (sulfide) groups is 1. The van der Waals surface area contributed by atoms with Crippen molar-refractivity contribution in [3.05, 3.63) is 64.6 Å². The van der Waals surface area contributed by atoms with Crippen LogP contribution in [0.5, 0.6) is 11.5 Å². The maximum absolute atomic E-state index is 13.0. The van der Waals surface area contributed by atoms with Gasteiger partial charge in [-0.05, 0) is 50.1 Å². The molecule has 0 bridgehead atoms. The third-order valence-corrected chi connectivity index (χ3v) is 5.67. The predicted molar refractivity (Wildman–Crippen MR) is 119 cm³/mol. The van der Waals surface area contributed by atoms with E-state index in [0.717, 1.165) is 11.1 Å². The Morgan fingerprint density at radius 3 is 2.43 bits per heavy atom. The maximum atomic E-state index is 13.0. The zero-order chi connectivity index (χ0) is 20.3. The van der Waals surface area contributed by atoms with E-state index in [1.54, 1.807) is 12.0 Å². The van der Waals surface area contributed by atoms with Crippen molar-refractivity contribution in [2.75, 3.05) is 7.11 Å². The summed E-state index contributed by atoms with van der Waals surface area (Å²) in [5.74, 6) is 1.24. The average Bonchev–Trinajstić information content (AvgIpc) is 2.96. The van der Waals surface area contributed by atoms with Gasteiger partial charge >= 0.3 is 0 Å². The van der Waals surface area contributed by atoms with E-state index in [4.69, 9.17) is 21.7 Å². The fourth-order valence-electron chi connectivity index (χ4n) is 2.97. The van der Waals surface area contributed by atoms with Gasteiger partial charge in [-0.2, -0.15) is 0 Å². The van der Waals surface area contributed by atoms with E-state index in [0.29, 0.717) is 20.7 Å². The second-order valence-electron chi connectivity index (χ2n) is 6.72. The van der Waals surface area contributed by atoms with Crippen molar-refractivity contribution in [1.82, 2.24) is 4.90 Å². The smallest absolute Gasteiger partial charge is 0.266 e. The molecule has 28 heavy (non-hydrogen) atoms. The first-order chi connectivity index (χ1) is 13.4. The van der Waals surface area contributed by atoms with E-state index >= 15 is 0 Å². The number of rotatable bonds is 6. The van der Waals surface area contributed by atoms with Crippen molar-refractivity contribution < 1.29 is 14.3 Å². The Hall–Kier alpha value is -2.31. The Morgan fingerprint density at radius 2 is 1.79 bits per heavy atom. The van der Waals surface area contributed by atoms with E-state index in [2.05, 4.69) is 0 Å². The summed E-state index contributed by atoms with van der Waals surface area (Å²) in [7, 11) is 1.60. The van der Waals surface area contributed by atoms with Crippen LogP contribution in [0.4, 0.5) is 0 Å². The van der Waals surface area contributed by atoms with E-state index in [1.807, 2.05) is 75.4 Å². The van der Waals surface area contributed by atoms with E-state index in [-0.39, 0.29) is 18.1 Å². The third kappa shape index (κ3) is 4.39. The van der Waals surface area contributed by atoms with Gasteiger partial charge < -0.3 is 9.47 Å². The molecule has 2 aromatic rings. The molecule has 0 radical (unpaired) electrons. The Labute approximate surface area is 175 Å². The fraction of sp³-hybridized carbons (Fsp3) is 0.273. The molecule has 0 N–H and O–H groups in total. The van der Waals surface area contributed by atoms with Gasteiger partial charge in [0.15, 0.2) is 11.5 Å². The van der Waals surface area contributed by atoms with Crippen LogP contribution in [0, 0.1) is 0 Å². The SMILES string of the molecule is COc1cc(C=C2SC(=S)N(C(C)c3ccccc3)C2=O)ccc1OC(C)C. The minimum absolute atomic E-state index is 0.0514. The minimum atomic E-state index is -0.115. The summed E-state index contributed by atoms with van der Waals surface area (Å²) in [5.41, 5.74) is 1.91. The number of carbonyl (C=O) groups excluding carboxylic acids is 1. The van der Waals surface area contributed by atoms with Crippen molar-refractivity contribution in [2.24, 2.45) is 0 Å². The summed E-state index contributed by atoms with van der Waals surface area (Å²) < 4.78 is 11.8.